The summed E-state index contributed by atoms with van der Waals surface area (Å²) in [4.78, 5) is 18.2. The van der Waals surface area contributed by atoms with Gasteiger partial charge in [-0.2, -0.15) is 0 Å². The van der Waals surface area contributed by atoms with Gasteiger partial charge < -0.3 is 9.42 Å². The highest BCUT2D eigenvalue weighted by molar-refractivity contribution is 5.79. The van der Waals surface area contributed by atoms with Crippen molar-refractivity contribution in [3.8, 4) is 0 Å². The third kappa shape index (κ3) is 5.03. The zero-order valence-electron chi connectivity index (χ0n) is 18.4. The third-order valence-corrected chi connectivity index (χ3v) is 6.22. The molecule has 2 aromatic heterocycles. The highest BCUT2D eigenvalue weighted by Crippen LogP contribution is 2.32. The maximum atomic E-state index is 13.1. The van der Waals surface area contributed by atoms with Gasteiger partial charge >= 0.3 is 0 Å². The lowest BCUT2D eigenvalue weighted by Gasteiger charge is -2.30. The lowest BCUT2D eigenvalue weighted by molar-refractivity contribution is 0.209. The average molecular weight is 427 g/mol. The number of hydrogen-bond acceptors (Lipinski definition) is 5. The van der Waals surface area contributed by atoms with Crippen LogP contribution in [0.2, 0.25) is 0 Å². The Hall–Kier alpha value is -2.54. The van der Waals surface area contributed by atoms with Crippen LogP contribution in [0, 0.1) is 12.7 Å². The number of aromatic nitrogens is 3. The van der Waals surface area contributed by atoms with Gasteiger partial charge in [0.1, 0.15) is 11.6 Å². The van der Waals surface area contributed by atoms with E-state index in [4.69, 9.17) is 4.52 Å². The van der Waals surface area contributed by atoms with E-state index < -0.39 is 0 Å². The van der Waals surface area contributed by atoms with Crippen LogP contribution in [-0.2, 0) is 13.0 Å². The van der Waals surface area contributed by atoms with Crippen molar-refractivity contribution in [2.75, 3.05) is 19.6 Å². The van der Waals surface area contributed by atoms with Crippen molar-refractivity contribution in [3.05, 3.63) is 57.6 Å². The van der Waals surface area contributed by atoms with Gasteiger partial charge in [0.25, 0.3) is 5.56 Å². The van der Waals surface area contributed by atoms with Gasteiger partial charge in [-0.15, -0.1) is 0 Å². The Morgan fingerprint density at radius 2 is 1.97 bits per heavy atom. The van der Waals surface area contributed by atoms with E-state index >= 15 is 0 Å². The summed E-state index contributed by atoms with van der Waals surface area (Å²) in [6.07, 6.45) is 6.65. The summed E-state index contributed by atoms with van der Waals surface area (Å²) < 4.78 is 20.2. The molecule has 2 aliphatic heterocycles. The second-order valence-electron chi connectivity index (χ2n) is 8.58. The minimum Gasteiger partial charge on any atom is -0.356 e. The molecule has 0 radical (unpaired) electrons. The van der Waals surface area contributed by atoms with Crippen molar-refractivity contribution < 1.29 is 8.91 Å². The fourth-order valence-electron chi connectivity index (χ4n) is 4.63. The molecule has 1 saturated heterocycles. The van der Waals surface area contributed by atoms with Crippen molar-refractivity contribution >= 4 is 11.0 Å². The van der Waals surface area contributed by atoms with E-state index in [9.17, 15) is 9.18 Å². The minimum atomic E-state index is -0.270. The van der Waals surface area contributed by atoms with E-state index in [2.05, 4.69) is 22.0 Å². The molecule has 3 aromatic rings. The fourth-order valence-corrected chi connectivity index (χ4v) is 4.63. The molecule has 0 spiro atoms. The average Bonchev–Trinajstić information content (AvgIpc) is 3.18. The van der Waals surface area contributed by atoms with Crippen LogP contribution < -0.4 is 5.56 Å². The first-order valence-corrected chi connectivity index (χ1v) is 11.4. The molecule has 6 nitrogen and oxygen atoms in total. The highest BCUT2D eigenvalue weighted by atomic mass is 19.1. The molecule has 7 heteroatoms. The van der Waals surface area contributed by atoms with Crippen molar-refractivity contribution in [1.29, 1.82) is 0 Å². The summed E-state index contributed by atoms with van der Waals surface area (Å²) in [5.74, 6) is 1.14. The van der Waals surface area contributed by atoms with E-state index in [-0.39, 0.29) is 11.4 Å². The number of rotatable bonds is 3. The minimum absolute atomic E-state index is 0.109. The Bertz CT molecular complexity index is 1080. The van der Waals surface area contributed by atoms with Crippen LogP contribution in [0.4, 0.5) is 4.39 Å². The molecule has 1 fully saturated rings. The maximum Gasteiger partial charge on any atom is 0.253 e. The third-order valence-electron chi connectivity index (χ3n) is 6.22. The number of halogens is 1. The van der Waals surface area contributed by atoms with Crippen LogP contribution in [0.15, 0.2) is 33.6 Å². The molecule has 0 saturated carbocycles. The standard InChI is InChI=1S/C15H19FN2O.C9H12N2O/c1-2-7-18-8-5-11(6-9-18)15-13-4-3-12(16)10-14(13)19-17-15;1-7-6-9(12)11-5-3-2-4-8(11)10-7/h3-4,10-11H,2,5-9H2,1H3;6H,2-5H2,1H3. The van der Waals surface area contributed by atoms with E-state index in [1.54, 1.807) is 16.7 Å². The van der Waals surface area contributed by atoms with Gasteiger partial charge in [0, 0.05) is 42.1 Å². The second kappa shape index (κ2) is 9.73. The van der Waals surface area contributed by atoms with Crippen molar-refractivity contribution in [3.63, 3.8) is 0 Å². The Kier molecular flexibility index (Phi) is 6.80. The van der Waals surface area contributed by atoms with E-state index in [1.807, 2.05) is 6.92 Å². The predicted molar refractivity (Wildman–Crippen MR) is 119 cm³/mol. The number of benzene rings is 1. The van der Waals surface area contributed by atoms with E-state index in [0.29, 0.717) is 11.5 Å². The van der Waals surface area contributed by atoms with Gasteiger partial charge in [0.05, 0.1) is 5.69 Å². The smallest absolute Gasteiger partial charge is 0.253 e. The molecular formula is C24H31FN4O2. The first kappa shape index (κ1) is 21.7. The van der Waals surface area contributed by atoms with Crippen molar-refractivity contribution in [2.45, 2.75) is 64.8 Å². The molecule has 0 N–H and O–H groups in total. The molecule has 4 heterocycles. The Morgan fingerprint density at radius 1 is 1.16 bits per heavy atom. The van der Waals surface area contributed by atoms with Crippen LogP contribution >= 0.6 is 0 Å². The van der Waals surface area contributed by atoms with Crippen LogP contribution in [-0.4, -0.2) is 39.2 Å². The van der Waals surface area contributed by atoms with Crippen LogP contribution in [0.3, 0.4) is 0 Å². The molecule has 31 heavy (non-hydrogen) atoms. The van der Waals surface area contributed by atoms with Crippen LogP contribution in [0.5, 0.6) is 0 Å². The molecule has 5 rings (SSSR count). The molecule has 0 aliphatic carbocycles. The molecule has 2 aliphatic rings. The number of likely N-dealkylation sites (tertiary alicyclic amines) is 1. The molecule has 1 aromatic carbocycles. The number of nitrogens with zero attached hydrogens (tertiary/aromatic N) is 4. The molecule has 166 valence electrons. The van der Waals surface area contributed by atoms with E-state index in [1.165, 1.54) is 25.1 Å². The lowest BCUT2D eigenvalue weighted by Crippen LogP contribution is -2.33. The Morgan fingerprint density at radius 3 is 2.74 bits per heavy atom. The van der Waals surface area contributed by atoms with Gasteiger partial charge in [0.2, 0.25) is 0 Å². The lowest BCUT2D eigenvalue weighted by atomic mass is 9.91. The summed E-state index contributed by atoms with van der Waals surface area (Å²) in [5, 5.41) is 5.14. The molecular weight excluding hydrogens is 395 g/mol. The summed E-state index contributed by atoms with van der Waals surface area (Å²) in [5.41, 5.74) is 2.52. The summed E-state index contributed by atoms with van der Waals surface area (Å²) in [6, 6.07) is 6.29. The predicted octanol–water partition coefficient (Wildman–Crippen LogP) is 4.44. The number of piperidine rings is 1. The molecule has 0 atom stereocenters. The van der Waals surface area contributed by atoms with Gasteiger partial charge in [-0.25, -0.2) is 9.37 Å². The van der Waals surface area contributed by atoms with Gasteiger partial charge in [-0.3, -0.25) is 9.36 Å². The number of fused-ring (bicyclic) bond motifs is 2. The molecule has 0 unspecified atom stereocenters. The normalized spacial score (nSPS) is 17.3. The van der Waals surface area contributed by atoms with Gasteiger partial charge in [-0.1, -0.05) is 12.1 Å². The SMILES string of the molecule is CCCN1CCC(c2noc3cc(F)ccc23)CC1.Cc1cc(=O)n2c(n1)CCCC2. The maximum absolute atomic E-state index is 13.1. The van der Waals surface area contributed by atoms with Crippen molar-refractivity contribution in [2.24, 2.45) is 0 Å². The summed E-state index contributed by atoms with van der Waals surface area (Å²) >= 11 is 0. The molecule has 0 amide bonds. The number of aryl methyl sites for hydroxylation is 2. The van der Waals surface area contributed by atoms with Gasteiger partial charge in [0.15, 0.2) is 5.58 Å². The second-order valence-corrected chi connectivity index (χ2v) is 8.58. The van der Waals surface area contributed by atoms with Gasteiger partial charge in [-0.05, 0) is 70.8 Å². The Balaban J connectivity index is 0.000000166. The fraction of sp³-hybridized carbons (Fsp3) is 0.542. The zero-order valence-corrected chi connectivity index (χ0v) is 18.4. The first-order chi connectivity index (χ1) is 15.0. The van der Waals surface area contributed by atoms with Crippen LogP contribution in [0.25, 0.3) is 11.0 Å². The topological polar surface area (TPSA) is 64.2 Å². The quantitative estimate of drug-likeness (QED) is 0.619. The zero-order chi connectivity index (χ0) is 21.8. The number of hydrogen-bond donors (Lipinski definition) is 0. The van der Waals surface area contributed by atoms with Crippen molar-refractivity contribution in [1.82, 2.24) is 19.6 Å². The first-order valence-electron chi connectivity index (χ1n) is 11.4. The monoisotopic (exact) mass is 426 g/mol. The van der Waals surface area contributed by atoms with E-state index in [0.717, 1.165) is 74.3 Å². The Labute approximate surface area is 182 Å². The largest absolute Gasteiger partial charge is 0.356 e. The summed E-state index contributed by atoms with van der Waals surface area (Å²) in [6.45, 7) is 8.35. The van der Waals surface area contributed by atoms with Crippen LogP contribution in [0.1, 0.15) is 62.2 Å². The highest BCUT2D eigenvalue weighted by Gasteiger charge is 2.24. The summed E-state index contributed by atoms with van der Waals surface area (Å²) in [7, 11) is 0. The molecule has 0 bridgehead atoms.